The third-order valence-electron chi connectivity index (χ3n) is 0.157. The van der Waals surface area contributed by atoms with Crippen LogP contribution in [-0.2, 0) is 4.79 Å². The molecule has 4 heteroatoms. The zero-order valence-corrected chi connectivity index (χ0v) is 4.86. The Kier molecular flexibility index (Phi) is 2.99. The van der Waals surface area contributed by atoms with Crippen molar-refractivity contribution in [3.63, 3.8) is 0 Å². The molecule has 0 aliphatic carbocycles. The Morgan fingerprint density at radius 2 is 2.60 bits per heavy atom. The van der Waals surface area contributed by atoms with Crippen molar-refractivity contribution in [3.05, 3.63) is 0 Å². The number of hydrogen-bond donors (Lipinski definition) is 1. The summed E-state index contributed by atoms with van der Waals surface area (Å²) in [6.07, 6.45) is 1.32. The van der Waals surface area contributed by atoms with E-state index in [-0.39, 0.29) is 0 Å². The average molecular weight is 88.1 g/mol. The van der Waals surface area contributed by atoms with Crippen LogP contribution >= 0.6 is 0 Å². The van der Waals surface area contributed by atoms with Crippen molar-refractivity contribution in [2.24, 2.45) is 5.10 Å². The van der Waals surface area contributed by atoms with Crippen molar-refractivity contribution in [2.75, 3.05) is 0 Å². The van der Waals surface area contributed by atoms with Crippen LogP contribution in [0.2, 0.25) is 0 Å². The molecule has 0 saturated carbocycles. The minimum absolute atomic E-state index is 0.720. The highest BCUT2D eigenvalue weighted by Crippen LogP contribution is 1.30. The molecule has 0 unspecified atom stereocenters. The second-order valence-corrected chi connectivity index (χ2v) is 0.874. The molecule has 5 heavy (non-hydrogen) atoms. The Labute approximate surface area is 32.6 Å². The van der Waals surface area contributed by atoms with Gasteiger partial charge >= 0.3 is 0 Å². The summed E-state index contributed by atoms with van der Waals surface area (Å²) < 4.78 is 0. The van der Waals surface area contributed by atoms with E-state index >= 15 is 0 Å². The van der Waals surface area contributed by atoms with Gasteiger partial charge in [0, 0.05) is 0 Å². The van der Waals surface area contributed by atoms with Gasteiger partial charge in [0.1, 0.15) is 10.4 Å². The monoisotopic (exact) mass is 88.0 g/mol. The molecule has 0 heterocycles. The van der Waals surface area contributed by atoms with Crippen LogP contribution in [0.25, 0.3) is 0 Å². The fraction of sp³-hybridized carbons (Fsp3) is 0. The van der Waals surface area contributed by atoms with E-state index < -0.39 is 0 Å². The van der Waals surface area contributed by atoms with Crippen molar-refractivity contribution in [2.45, 2.75) is 0 Å². The number of nitrogens with zero attached hydrogens (tertiary/aromatic N) is 1. The molecule has 0 amide bonds. The van der Waals surface area contributed by atoms with Crippen molar-refractivity contribution >= 4 is 16.5 Å². The van der Waals surface area contributed by atoms with Crippen LogP contribution in [0, 0.1) is 0 Å². The number of hydrogen-bond acceptors (Lipinski definition) is 3. The molecular formula is CH4N2OSi. The highest BCUT2D eigenvalue weighted by Gasteiger charge is 1.45. The van der Waals surface area contributed by atoms with Crippen LogP contribution in [0.4, 0.5) is 0 Å². The fourth-order valence-electron chi connectivity index (χ4n) is 0.0456. The van der Waals surface area contributed by atoms with Crippen molar-refractivity contribution in [1.82, 2.24) is 5.09 Å². The Balaban J connectivity index is 2.93. The summed E-state index contributed by atoms with van der Waals surface area (Å²) in [4.78, 5) is 9.07. The summed E-state index contributed by atoms with van der Waals surface area (Å²) in [6, 6.07) is 0. The van der Waals surface area contributed by atoms with E-state index in [1.54, 1.807) is 0 Å². The highest BCUT2D eigenvalue weighted by molar-refractivity contribution is 6.04. The third-order valence-corrected chi connectivity index (χ3v) is 0.381. The van der Waals surface area contributed by atoms with E-state index in [0.717, 1.165) is 10.4 Å². The van der Waals surface area contributed by atoms with E-state index in [4.69, 9.17) is 4.79 Å². The lowest BCUT2D eigenvalue weighted by molar-refractivity contribution is 0.562. The lowest BCUT2D eigenvalue weighted by Crippen LogP contribution is -1.93. The molecule has 0 aromatic rings. The number of rotatable bonds is 1. The van der Waals surface area contributed by atoms with Crippen LogP contribution < -0.4 is 5.09 Å². The summed E-state index contributed by atoms with van der Waals surface area (Å²) in [5.74, 6) is 0. The molecule has 0 aliphatic heterocycles. The Bertz CT molecular complexity index is 56.7. The summed E-state index contributed by atoms with van der Waals surface area (Å²) >= 11 is 0. The van der Waals surface area contributed by atoms with Crippen LogP contribution in [0.1, 0.15) is 0 Å². The van der Waals surface area contributed by atoms with Crippen LogP contribution in [-0.4, -0.2) is 16.5 Å². The highest BCUT2D eigenvalue weighted by atomic mass is 28.2. The molecule has 1 N–H and O–H groups in total. The van der Waals surface area contributed by atoms with E-state index in [9.17, 15) is 0 Å². The normalized spacial score (nSPS) is 5.60. The van der Waals surface area contributed by atoms with Gasteiger partial charge in [-0.1, -0.05) is 0 Å². The summed E-state index contributed by atoms with van der Waals surface area (Å²) in [5, 5.41) is 5.34. The smallest absolute Gasteiger partial charge is 0.257 e. The SMILES string of the molecule is O=C=NN[SiH3]. The maximum atomic E-state index is 9.07. The maximum Gasteiger partial charge on any atom is 0.257 e. The van der Waals surface area contributed by atoms with E-state index in [2.05, 4.69) is 10.2 Å². The van der Waals surface area contributed by atoms with E-state index in [0.29, 0.717) is 0 Å². The number of hydrazone groups is 1. The fourth-order valence-corrected chi connectivity index (χ4v) is 0.137. The molecule has 0 aromatic carbocycles. The van der Waals surface area contributed by atoms with Gasteiger partial charge in [-0.15, -0.1) is 5.10 Å². The summed E-state index contributed by atoms with van der Waals surface area (Å²) in [5.41, 5.74) is 0. The summed E-state index contributed by atoms with van der Waals surface area (Å²) in [7, 11) is 0.720. The molecule has 0 radical (unpaired) electrons. The zero-order chi connectivity index (χ0) is 4.12. The van der Waals surface area contributed by atoms with Crippen LogP contribution in [0.5, 0.6) is 0 Å². The van der Waals surface area contributed by atoms with Crippen molar-refractivity contribution in [3.8, 4) is 0 Å². The van der Waals surface area contributed by atoms with Gasteiger partial charge in [-0.2, -0.15) is 0 Å². The van der Waals surface area contributed by atoms with Gasteiger partial charge in [0.05, 0.1) is 0 Å². The second-order valence-electron chi connectivity index (χ2n) is 0.427. The largest absolute Gasteiger partial charge is 0.337 e. The van der Waals surface area contributed by atoms with Gasteiger partial charge in [-0.25, -0.2) is 4.79 Å². The van der Waals surface area contributed by atoms with Crippen LogP contribution in [0.3, 0.4) is 0 Å². The Morgan fingerprint density at radius 1 is 2.00 bits per heavy atom. The van der Waals surface area contributed by atoms with Crippen LogP contribution in [0.15, 0.2) is 5.10 Å². The van der Waals surface area contributed by atoms with Crippen molar-refractivity contribution in [1.29, 1.82) is 0 Å². The average Bonchev–Trinajstić information content (AvgIpc) is 1.41. The first-order chi connectivity index (χ1) is 2.41. The molecule has 0 aromatic heterocycles. The summed E-state index contributed by atoms with van der Waals surface area (Å²) in [6.45, 7) is 0. The third kappa shape index (κ3) is 3.40. The molecule has 0 aliphatic rings. The zero-order valence-electron chi connectivity index (χ0n) is 2.86. The molecule has 0 bridgehead atoms. The van der Waals surface area contributed by atoms with Gasteiger partial charge in [0.15, 0.2) is 0 Å². The van der Waals surface area contributed by atoms with Gasteiger partial charge in [0.2, 0.25) is 0 Å². The molecule has 3 nitrogen and oxygen atoms in total. The molecule has 0 fully saturated rings. The lowest BCUT2D eigenvalue weighted by atomic mass is 11.6. The maximum absolute atomic E-state index is 9.07. The standard InChI is InChI=1S/CH4N2OSi/c4-1-2-3-5/h3H,5H3. The molecule has 0 saturated heterocycles. The topological polar surface area (TPSA) is 41.5 Å². The number of isocyanates is 1. The molecule has 28 valence electrons. The first-order valence-corrected chi connectivity index (χ1v) is 2.15. The number of carbonyl (C=O) groups excluding carboxylic acids is 1. The van der Waals surface area contributed by atoms with E-state index in [1.807, 2.05) is 0 Å². The first kappa shape index (κ1) is 4.40. The molecule has 0 rings (SSSR count). The van der Waals surface area contributed by atoms with Gasteiger partial charge in [-0.3, -0.25) is 0 Å². The molecule has 0 spiro atoms. The quantitative estimate of drug-likeness (QED) is 0.176. The molecular weight excluding hydrogens is 84.1 g/mol. The second kappa shape index (κ2) is 3.40. The van der Waals surface area contributed by atoms with Gasteiger partial charge < -0.3 is 5.09 Å². The predicted molar refractivity (Wildman–Crippen MR) is 21.2 cm³/mol. The lowest BCUT2D eigenvalue weighted by Gasteiger charge is -1.68. The predicted octanol–water partition coefficient (Wildman–Crippen LogP) is -1.89. The Hall–Kier alpha value is -0.603. The van der Waals surface area contributed by atoms with Crippen molar-refractivity contribution < 1.29 is 4.79 Å². The minimum Gasteiger partial charge on any atom is -0.337 e. The van der Waals surface area contributed by atoms with Gasteiger partial charge in [-0.05, 0) is 0 Å². The molecule has 0 atom stereocenters. The number of nitrogens with one attached hydrogen (secondary N) is 1. The van der Waals surface area contributed by atoms with E-state index in [1.165, 1.54) is 6.08 Å². The minimum atomic E-state index is 0.720. The Morgan fingerprint density at radius 3 is 2.60 bits per heavy atom. The first-order valence-electron chi connectivity index (χ1n) is 1.15. The van der Waals surface area contributed by atoms with Gasteiger partial charge in [0.25, 0.3) is 6.08 Å².